The number of ether oxygens (including phenoxy) is 2. The van der Waals surface area contributed by atoms with Crippen LogP contribution in [0.5, 0.6) is 11.5 Å². The zero-order chi connectivity index (χ0) is 23.8. The van der Waals surface area contributed by atoms with Gasteiger partial charge in [-0.15, -0.1) is 0 Å². The van der Waals surface area contributed by atoms with Crippen molar-refractivity contribution in [3.8, 4) is 11.5 Å². The quantitative estimate of drug-likeness (QED) is 0.259. The van der Waals surface area contributed by atoms with Crippen molar-refractivity contribution in [3.63, 3.8) is 0 Å². The molecular formula is C26H20Cl2N2O4. The molecule has 0 unspecified atom stereocenters. The van der Waals surface area contributed by atoms with Crippen molar-refractivity contribution in [2.75, 3.05) is 6.54 Å². The number of hydrogen-bond acceptors (Lipinski definition) is 4. The number of halogens is 2. The van der Waals surface area contributed by atoms with Gasteiger partial charge in [-0.3, -0.25) is 9.69 Å². The van der Waals surface area contributed by atoms with E-state index in [0.717, 1.165) is 27.7 Å². The highest BCUT2D eigenvalue weighted by molar-refractivity contribution is 6.31. The summed E-state index contributed by atoms with van der Waals surface area (Å²) in [5, 5.41) is 2.25. The molecule has 1 aromatic heterocycles. The van der Waals surface area contributed by atoms with Gasteiger partial charge >= 0.3 is 12.1 Å². The van der Waals surface area contributed by atoms with E-state index in [9.17, 15) is 9.59 Å². The second kappa shape index (κ2) is 9.05. The molecule has 1 amide bonds. The Morgan fingerprint density at radius 3 is 2.26 bits per heavy atom. The zero-order valence-electron chi connectivity index (χ0n) is 18.2. The lowest BCUT2D eigenvalue weighted by Crippen LogP contribution is -2.42. The topological polar surface area (TPSA) is 71.6 Å². The van der Waals surface area contributed by atoms with Crippen LogP contribution in [0.1, 0.15) is 29.8 Å². The van der Waals surface area contributed by atoms with Crippen LogP contribution in [-0.2, 0) is 11.2 Å². The number of nitrogens with one attached hydrogen (secondary N) is 1. The number of hydrogen-bond donors (Lipinski definition) is 1. The van der Waals surface area contributed by atoms with Gasteiger partial charge in [0.1, 0.15) is 17.5 Å². The molecule has 2 heterocycles. The van der Waals surface area contributed by atoms with Crippen LogP contribution in [0.2, 0.25) is 10.0 Å². The Kier molecular flexibility index (Phi) is 5.94. The van der Waals surface area contributed by atoms with Crippen LogP contribution in [-0.4, -0.2) is 28.5 Å². The minimum absolute atomic E-state index is 0.395. The Balaban J connectivity index is 1.55. The SMILES string of the molecule is CC(=O)Oc1ccc([C@H]2c3[nH]c4ccc(Cl)cc4c3CCN2C(=O)Oc2ccc(Cl)cc2)cc1. The summed E-state index contributed by atoms with van der Waals surface area (Å²) in [6, 6.07) is 19.1. The number of esters is 1. The van der Waals surface area contributed by atoms with Crippen molar-refractivity contribution in [2.24, 2.45) is 0 Å². The van der Waals surface area contributed by atoms with Gasteiger partial charge in [0.05, 0.1) is 0 Å². The number of amides is 1. The molecule has 1 aliphatic heterocycles. The van der Waals surface area contributed by atoms with Crippen LogP contribution in [0.3, 0.4) is 0 Å². The highest BCUT2D eigenvalue weighted by Gasteiger charge is 2.35. The lowest BCUT2D eigenvalue weighted by atomic mass is 9.92. The molecule has 0 fully saturated rings. The van der Waals surface area contributed by atoms with Crippen molar-refractivity contribution < 1.29 is 19.1 Å². The Labute approximate surface area is 206 Å². The van der Waals surface area contributed by atoms with Gasteiger partial charge in [0, 0.05) is 40.1 Å². The van der Waals surface area contributed by atoms with Gasteiger partial charge in [-0.1, -0.05) is 35.3 Å². The largest absolute Gasteiger partial charge is 0.427 e. The number of fused-ring (bicyclic) bond motifs is 3. The molecule has 34 heavy (non-hydrogen) atoms. The van der Waals surface area contributed by atoms with Crippen molar-refractivity contribution in [3.05, 3.63) is 93.6 Å². The molecule has 0 spiro atoms. The van der Waals surface area contributed by atoms with E-state index in [-0.39, 0.29) is 0 Å². The number of nitrogens with zero attached hydrogens (tertiary/aromatic N) is 1. The van der Waals surface area contributed by atoms with Gasteiger partial charge < -0.3 is 14.5 Å². The third-order valence-electron chi connectivity index (χ3n) is 5.80. The second-order valence-corrected chi connectivity index (χ2v) is 8.91. The molecule has 1 N–H and O–H groups in total. The van der Waals surface area contributed by atoms with E-state index in [0.29, 0.717) is 34.5 Å². The first-order chi connectivity index (χ1) is 16.4. The van der Waals surface area contributed by atoms with E-state index in [2.05, 4.69) is 4.98 Å². The molecule has 0 aliphatic carbocycles. The summed E-state index contributed by atoms with van der Waals surface area (Å²) in [5.74, 6) is 0.451. The number of carbonyl (C=O) groups is 2. The highest BCUT2D eigenvalue weighted by atomic mass is 35.5. The Morgan fingerprint density at radius 2 is 1.56 bits per heavy atom. The summed E-state index contributed by atoms with van der Waals surface area (Å²) >= 11 is 12.2. The molecule has 5 rings (SSSR count). The van der Waals surface area contributed by atoms with Crippen molar-refractivity contribution in [1.29, 1.82) is 0 Å². The van der Waals surface area contributed by atoms with Crippen molar-refractivity contribution in [1.82, 2.24) is 9.88 Å². The summed E-state index contributed by atoms with van der Waals surface area (Å²) in [6.45, 7) is 1.81. The smallest absolute Gasteiger partial charge is 0.416 e. The number of aromatic nitrogens is 1. The maximum absolute atomic E-state index is 13.3. The lowest BCUT2D eigenvalue weighted by Gasteiger charge is -2.35. The summed E-state index contributed by atoms with van der Waals surface area (Å²) in [5.41, 5.74) is 3.81. The Bertz CT molecular complexity index is 1380. The van der Waals surface area contributed by atoms with Crippen molar-refractivity contribution in [2.45, 2.75) is 19.4 Å². The normalized spacial score (nSPS) is 15.1. The maximum atomic E-state index is 13.3. The molecule has 172 valence electrons. The molecule has 0 saturated heterocycles. The van der Waals surface area contributed by atoms with E-state index < -0.39 is 18.1 Å². The fraction of sp³-hybridized carbons (Fsp3) is 0.154. The summed E-state index contributed by atoms with van der Waals surface area (Å²) in [7, 11) is 0. The molecule has 3 aromatic carbocycles. The monoisotopic (exact) mass is 494 g/mol. The van der Waals surface area contributed by atoms with Gasteiger partial charge in [-0.2, -0.15) is 0 Å². The fourth-order valence-corrected chi connectivity index (χ4v) is 4.65. The molecule has 6 nitrogen and oxygen atoms in total. The second-order valence-electron chi connectivity index (χ2n) is 8.04. The minimum atomic E-state index is -0.473. The first-order valence-electron chi connectivity index (χ1n) is 10.7. The van der Waals surface area contributed by atoms with Crippen LogP contribution < -0.4 is 9.47 Å². The average molecular weight is 495 g/mol. The number of H-pyrrole nitrogens is 1. The molecule has 0 bridgehead atoms. The van der Waals surface area contributed by atoms with Crippen molar-refractivity contribution >= 4 is 46.2 Å². The molecule has 1 aliphatic rings. The Morgan fingerprint density at radius 1 is 0.912 bits per heavy atom. The molecule has 1 atom stereocenters. The summed E-state index contributed by atoms with van der Waals surface area (Å²) in [6.07, 6.45) is 0.173. The molecule has 0 radical (unpaired) electrons. The van der Waals surface area contributed by atoms with E-state index in [1.807, 2.05) is 30.3 Å². The predicted octanol–water partition coefficient (Wildman–Crippen LogP) is 6.55. The molecule has 8 heteroatoms. The predicted molar refractivity (Wildman–Crippen MR) is 131 cm³/mol. The minimum Gasteiger partial charge on any atom is -0.427 e. The van der Waals surface area contributed by atoms with Gasteiger partial charge in [0.2, 0.25) is 0 Å². The van der Waals surface area contributed by atoms with E-state index >= 15 is 0 Å². The Hall–Kier alpha value is -3.48. The van der Waals surface area contributed by atoms with Crippen LogP contribution in [0.4, 0.5) is 4.79 Å². The highest BCUT2D eigenvalue weighted by Crippen LogP contribution is 2.40. The van der Waals surface area contributed by atoms with Crippen LogP contribution >= 0.6 is 23.2 Å². The number of rotatable bonds is 3. The van der Waals surface area contributed by atoms with Gasteiger partial charge in [-0.05, 0) is 72.1 Å². The maximum Gasteiger partial charge on any atom is 0.416 e. The fourth-order valence-electron chi connectivity index (χ4n) is 4.35. The van der Waals surface area contributed by atoms with Crippen LogP contribution in [0, 0.1) is 0 Å². The van der Waals surface area contributed by atoms with E-state index in [4.69, 9.17) is 32.7 Å². The third kappa shape index (κ3) is 4.34. The molecule has 0 saturated carbocycles. The van der Waals surface area contributed by atoms with Gasteiger partial charge in [-0.25, -0.2) is 4.79 Å². The van der Waals surface area contributed by atoms with Gasteiger partial charge in [0.25, 0.3) is 0 Å². The first-order valence-corrected chi connectivity index (χ1v) is 11.5. The summed E-state index contributed by atoms with van der Waals surface area (Å²) in [4.78, 5) is 29.8. The lowest BCUT2D eigenvalue weighted by molar-refractivity contribution is -0.131. The third-order valence-corrected chi connectivity index (χ3v) is 6.29. The first kappa shape index (κ1) is 22.3. The molecule has 4 aromatic rings. The zero-order valence-corrected chi connectivity index (χ0v) is 19.7. The number of carbonyl (C=O) groups excluding carboxylic acids is 2. The average Bonchev–Trinajstić information content (AvgIpc) is 3.18. The molecular weight excluding hydrogens is 475 g/mol. The number of aromatic amines is 1. The standard InChI is InChI=1S/C26H20Cl2N2O4/c1-15(31)33-19-7-2-16(3-8-19)25-24-21(22-14-18(28)6-11-23(22)29-24)12-13-30(25)26(32)34-20-9-4-17(27)5-10-20/h2-11,14,25,29H,12-13H2,1H3/t25-/m0/s1. The van der Waals surface area contributed by atoms with E-state index in [1.54, 1.807) is 41.3 Å². The summed E-state index contributed by atoms with van der Waals surface area (Å²) < 4.78 is 10.8. The van der Waals surface area contributed by atoms with E-state index in [1.165, 1.54) is 6.92 Å². The van der Waals surface area contributed by atoms with Gasteiger partial charge in [0.15, 0.2) is 0 Å². The van der Waals surface area contributed by atoms with Crippen LogP contribution in [0.15, 0.2) is 66.7 Å². The number of benzene rings is 3. The van der Waals surface area contributed by atoms with Crippen LogP contribution in [0.25, 0.3) is 10.9 Å².